The highest BCUT2D eigenvalue weighted by Crippen LogP contribution is 2.44. The van der Waals surface area contributed by atoms with Gasteiger partial charge in [-0.05, 0) is 25.6 Å². The highest BCUT2D eigenvalue weighted by Gasteiger charge is 2.24. The van der Waals surface area contributed by atoms with E-state index in [2.05, 4.69) is 5.32 Å². The molecule has 1 aromatic rings. The normalized spacial score (nSPS) is 15.2. The van der Waals surface area contributed by atoms with Crippen molar-refractivity contribution in [3.8, 4) is 11.5 Å². The molecular weight excluding hydrogens is 230 g/mol. The maximum atomic E-state index is 9.94. The number of hydrogen-bond acceptors (Lipinski definition) is 4. The minimum atomic E-state index is -0.600. The molecule has 1 aromatic carbocycles. The van der Waals surface area contributed by atoms with Crippen molar-refractivity contribution in [3.63, 3.8) is 0 Å². The predicted octanol–water partition coefficient (Wildman–Crippen LogP) is 1.63. The first-order valence-corrected chi connectivity index (χ1v) is 5.44. The Morgan fingerprint density at radius 1 is 1.50 bits per heavy atom. The molecule has 1 atom stereocenters. The summed E-state index contributed by atoms with van der Waals surface area (Å²) in [6.45, 7) is 2.54. The lowest BCUT2D eigenvalue weighted by Gasteiger charge is -2.15. The summed E-state index contributed by atoms with van der Waals surface area (Å²) in [6, 6.07) is 1.73. The summed E-state index contributed by atoms with van der Waals surface area (Å²) >= 11 is 6.05. The maximum absolute atomic E-state index is 9.94. The third kappa shape index (κ3) is 1.84. The Kier molecular flexibility index (Phi) is 3.23. The predicted molar refractivity (Wildman–Crippen MR) is 61.2 cm³/mol. The number of ether oxygens (including phenoxy) is 2. The SMILES string of the molecule is CNCC(O)c1cc(Cl)c2c(c1C)OCO2. The first-order valence-electron chi connectivity index (χ1n) is 5.06. The summed E-state index contributed by atoms with van der Waals surface area (Å²) in [4.78, 5) is 0. The number of aliphatic hydroxyl groups excluding tert-OH is 1. The Bertz CT molecular complexity index is 409. The zero-order valence-corrected chi connectivity index (χ0v) is 9.97. The highest BCUT2D eigenvalue weighted by atomic mass is 35.5. The number of likely N-dealkylation sites (N-methyl/N-ethyl adjacent to an activating group) is 1. The molecule has 0 amide bonds. The third-order valence-corrected chi connectivity index (χ3v) is 2.92. The zero-order valence-electron chi connectivity index (χ0n) is 9.21. The smallest absolute Gasteiger partial charge is 0.231 e. The molecule has 2 rings (SSSR count). The Hall–Kier alpha value is -0.970. The van der Waals surface area contributed by atoms with Crippen LogP contribution in [0.15, 0.2) is 6.07 Å². The quantitative estimate of drug-likeness (QED) is 0.847. The molecule has 0 aromatic heterocycles. The molecule has 0 fully saturated rings. The molecule has 16 heavy (non-hydrogen) atoms. The molecule has 5 heteroatoms. The van der Waals surface area contributed by atoms with Gasteiger partial charge >= 0.3 is 0 Å². The fourth-order valence-corrected chi connectivity index (χ4v) is 2.08. The Balaban J connectivity index is 2.44. The molecule has 1 heterocycles. The van der Waals surface area contributed by atoms with Crippen molar-refractivity contribution in [2.24, 2.45) is 0 Å². The van der Waals surface area contributed by atoms with Gasteiger partial charge in [-0.15, -0.1) is 0 Å². The Morgan fingerprint density at radius 3 is 2.88 bits per heavy atom. The first-order chi connectivity index (χ1) is 7.65. The number of benzene rings is 1. The molecule has 2 N–H and O–H groups in total. The minimum absolute atomic E-state index is 0.182. The van der Waals surface area contributed by atoms with Gasteiger partial charge in [-0.3, -0.25) is 0 Å². The van der Waals surface area contributed by atoms with Crippen molar-refractivity contribution < 1.29 is 14.6 Å². The lowest BCUT2D eigenvalue weighted by Crippen LogP contribution is -2.17. The lowest BCUT2D eigenvalue weighted by molar-refractivity contribution is 0.170. The van der Waals surface area contributed by atoms with E-state index in [1.165, 1.54) is 0 Å². The van der Waals surface area contributed by atoms with E-state index in [0.29, 0.717) is 23.1 Å². The lowest BCUT2D eigenvalue weighted by atomic mass is 10.0. The molecule has 88 valence electrons. The summed E-state index contributed by atoms with van der Waals surface area (Å²) in [7, 11) is 1.78. The van der Waals surface area contributed by atoms with Crippen LogP contribution in [-0.2, 0) is 0 Å². The van der Waals surface area contributed by atoms with Crippen LogP contribution < -0.4 is 14.8 Å². The molecule has 0 spiro atoms. The van der Waals surface area contributed by atoms with Gasteiger partial charge < -0.3 is 19.9 Å². The van der Waals surface area contributed by atoms with Gasteiger partial charge in [-0.2, -0.15) is 0 Å². The van der Waals surface area contributed by atoms with Crippen molar-refractivity contribution in [3.05, 3.63) is 22.2 Å². The highest BCUT2D eigenvalue weighted by molar-refractivity contribution is 6.32. The van der Waals surface area contributed by atoms with Gasteiger partial charge in [0.2, 0.25) is 6.79 Å². The largest absolute Gasteiger partial charge is 0.453 e. The van der Waals surface area contributed by atoms with E-state index in [4.69, 9.17) is 21.1 Å². The second kappa shape index (κ2) is 4.49. The first kappa shape index (κ1) is 11.5. The number of fused-ring (bicyclic) bond motifs is 1. The molecule has 0 saturated heterocycles. The van der Waals surface area contributed by atoms with Gasteiger partial charge in [0.25, 0.3) is 0 Å². The maximum Gasteiger partial charge on any atom is 0.231 e. The Labute approximate surface area is 99.1 Å². The van der Waals surface area contributed by atoms with E-state index in [1.54, 1.807) is 13.1 Å². The van der Waals surface area contributed by atoms with E-state index in [9.17, 15) is 5.11 Å². The van der Waals surface area contributed by atoms with Crippen LogP contribution in [0.3, 0.4) is 0 Å². The minimum Gasteiger partial charge on any atom is -0.453 e. The van der Waals surface area contributed by atoms with Crippen molar-refractivity contribution >= 4 is 11.6 Å². The molecule has 1 aliphatic heterocycles. The van der Waals surface area contributed by atoms with E-state index in [0.717, 1.165) is 11.1 Å². The summed E-state index contributed by atoms with van der Waals surface area (Å²) in [5.41, 5.74) is 1.64. The van der Waals surface area contributed by atoms with Crippen molar-refractivity contribution in [1.82, 2.24) is 5.32 Å². The summed E-state index contributed by atoms with van der Waals surface area (Å²) in [6.07, 6.45) is -0.600. The number of hydrogen-bond donors (Lipinski definition) is 2. The summed E-state index contributed by atoms with van der Waals surface area (Å²) < 4.78 is 10.6. The van der Waals surface area contributed by atoms with Gasteiger partial charge in [0, 0.05) is 12.1 Å². The van der Waals surface area contributed by atoms with Crippen LogP contribution in [0, 0.1) is 6.92 Å². The van der Waals surface area contributed by atoms with Crippen LogP contribution in [0.2, 0.25) is 5.02 Å². The fourth-order valence-electron chi connectivity index (χ4n) is 1.83. The van der Waals surface area contributed by atoms with Crippen molar-refractivity contribution in [2.75, 3.05) is 20.4 Å². The van der Waals surface area contributed by atoms with Crippen LogP contribution in [0.5, 0.6) is 11.5 Å². The molecule has 0 saturated carbocycles. The van der Waals surface area contributed by atoms with Gasteiger partial charge in [0.05, 0.1) is 11.1 Å². The average molecular weight is 244 g/mol. The molecule has 0 aliphatic carbocycles. The van der Waals surface area contributed by atoms with Gasteiger partial charge in [-0.1, -0.05) is 11.6 Å². The Morgan fingerprint density at radius 2 is 2.19 bits per heavy atom. The number of nitrogens with one attached hydrogen (secondary N) is 1. The third-order valence-electron chi connectivity index (χ3n) is 2.64. The standard InChI is InChI=1S/C11H14ClNO3/c1-6-7(9(14)4-13-2)3-8(12)11-10(6)15-5-16-11/h3,9,13-14H,4-5H2,1-2H3. The van der Waals surface area contributed by atoms with Crippen LogP contribution in [0.4, 0.5) is 0 Å². The summed E-state index contributed by atoms with van der Waals surface area (Å²) in [5, 5.41) is 13.3. The van der Waals surface area contributed by atoms with Crippen molar-refractivity contribution in [1.29, 1.82) is 0 Å². The second-order valence-corrected chi connectivity index (χ2v) is 4.12. The van der Waals surface area contributed by atoms with E-state index >= 15 is 0 Å². The van der Waals surface area contributed by atoms with Crippen LogP contribution in [-0.4, -0.2) is 25.5 Å². The monoisotopic (exact) mass is 243 g/mol. The number of rotatable bonds is 3. The van der Waals surface area contributed by atoms with Crippen molar-refractivity contribution in [2.45, 2.75) is 13.0 Å². The van der Waals surface area contributed by atoms with Crippen LogP contribution >= 0.6 is 11.6 Å². The van der Waals surface area contributed by atoms with Gasteiger partial charge in [-0.25, -0.2) is 0 Å². The van der Waals surface area contributed by atoms with Gasteiger partial charge in [0.15, 0.2) is 11.5 Å². The molecule has 1 aliphatic rings. The fraction of sp³-hybridized carbons (Fsp3) is 0.455. The zero-order chi connectivity index (χ0) is 11.7. The average Bonchev–Trinajstić information content (AvgIpc) is 2.73. The summed E-state index contributed by atoms with van der Waals surface area (Å²) in [5.74, 6) is 1.21. The number of aliphatic hydroxyl groups is 1. The van der Waals surface area contributed by atoms with E-state index < -0.39 is 6.10 Å². The van der Waals surface area contributed by atoms with E-state index in [-0.39, 0.29) is 6.79 Å². The topological polar surface area (TPSA) is 50.7 Å². The molecule has 4 nitrogen and oxygen atoms in total. The number of halogens is 1. The second-order valence-electron chi connectivity index (χ2n) is 3.71. The molecule has 1 unspecified atom stereocenters. The molecular formula is C11H14ClNO3. The van der Waals surface area contributed by atoms with Crippen LogP contribution in [0.1, 0.15) is 17.2 Å². The molecule has 0 radical (unpaired) electrons. The van der Waals surface area contributed by atoms with Crippen LogP contribution in [0.25, 0.3) is 0 Å². The molecule has 0 bridgehead atoms. The van der Waals surface area contributed by atoms with E-state index in [1.807, 2.05) is 6.92 Å². The van der Waals surface area contributed by atoms with Gasteiger partial charge in [0.1, 0.15) is 0 Å².